The van der Waals surface area contributed by atoms with Crippen LogP contribution in [0.4, 0.5) is 0 Å². The van der Waals surface area contributed by atoms with E-state index in [4.69, 9.17) is 11.6 Å². The molecule has 1 atom stereocenters. The van der Waals surface area contributed by atoms with Crippen molar-refractivity contribution < 1.29 is 0 Å². The summed E-state index contributed by atoms with van der Waals surface area (Å²) in [6.07, 6.45) is 0. The molecule has 17 heavy (non-hydrogen) atoms. The summed E-state index contributed by atoms with van der Waals surface area (Å²) in [4.78, 5) is 2.43. The van der Waals surface area contributed by atoms with Crippen LogP contribution in [0.5, 0.6) is 0 Å². The molecule has 0 nitrogen and oxygen atoms in total. The van der Waals surface area contributed by atoms with Gasteiger partial charge in [0.15, 0.2) is 0 Å². The molecule has 0 aliphatic heterocycles. The van der Waals surface area contributed by atoms with Crippen molar-refractivity contribution in [1.29, 1.82) is 0 Å². The van der Waals surface area contributed by atoms with Gasteiger partial charge in [-0.1, -0.05) is 28.1 Å². The highest BCUT2D eigenvalue weighted by Gasteiger charge is 2.17. The van der Waals surface area contributed by atoms with Gasteiger partial charge in [0.2, 0.25) is 0 Å². The highest BCUT2D eigenvalue weighted by atomic mass is 79.9. The molecule has 0 bridgehead atoms. The first-order valence-electron chi connectivity index (χ1n) is 5.15. The highest BCUT2D eigenvalue weighted by molar-refractivity contribution is 9.10. The zero-order chi connectivity index (χ0) is 12.6. The Hall–Kier alpha value is 0.170. The molecule has 1 aromatic heterocycles. The van der Waals surface area contributed by atoms with Gasteiger partial charge in [0, 0.05) is 18.7 Å². The molecule has 1 aromatic carbocycles. The standard InChI is InChI=1S/C13H11Br2ClS/c1-7-3-4-9(6-10(7)14)12(16)13-11(15)5-8(2)17-13/h3-6,12H,1-2H3. The van der Waals surface area contributed by atoms with E-state index >= 15 is 0 Å². The molecule has 0 spiro atoms. The Morgan fingerprint density at radius 1 is 1.12 bits per heavy atom. The predicted octanol–water partition coefficient (Wildman–Crippen LogP) is 6.22. The van der Waals surface area contributed by atoms with Gasteiger partial charge in [-0.15, -0.1) is 22.9 Å². The summed E-state index contributed by atoms with van der Waals surface area (Å²) in [6, 6.07) is 8.37. The summed E-state index contributed by atoms with van der Waals surface area (Å²) in [5.74, 6) is 0. The highest BCUT2D eigenvalue weighted by Crippen LogP contribution is 2.40. The summed E-state index contributed by atoms with van der Waals surface area (Å²) in [5.41, 5.74) is 2.34. The second kappa shape index (κ2) is 5.43. The largest absolute Gasteiger partial charge is 0.143 e. The van der Waals surface area contributed by atoms with E-state index in [1.165, 1.54) is 15.3 Å². The number of thiophene rings is 1. The first-order valence-corrected chi connectivity index (χ1v) is 7.99. The molecule has 1 unspecified atom stereocenters. The molecule has 1 heterocycles. The number of rotatable bonds is 2. The van der Waals surface area contributed by atoms with E-state index in [1.54, 1.807) is 11.3 Å². The topological polar surface area (TPSA) is 0 Å². The lowest BCUT2D eigenvalue weighted by Crippen LogP contribution is -1.91. The Bertz CT molecular complexity index is 548. The lowest BCUT2D eigenvalue weighted by molar-refractivity contribution is 1.16. The monoisotopic (exact) mass is 392 g/mol. The molecule has 2 rings (SSSR count). The summed E-state index contributed by atoms with van der Waals surface area (Å²) < 4.78 is 2.20. The third-order valence-corrected chi connectivity index (χ3v) is 6.04. The Morgan fingerprint density at radius 2 is 1.82 bits per heavy atom. The van der Waals surface area contributed by atoms with Gasteiger partial charge in [0.25, 0.3) is 0 Å². The molecule has 0 saturated carbocycles. The van der Waals surface area contributed by atoms with Gasteiger partial charge >= 0.3 is 0 Å². The molecule has 0 saturated heterocycles. The molecular weight excluding hydrogens is 383 g/mol. The average molecular weight is 395 g/mol. The number of halogens is 3. The minimum absolute atomic E-state index is 0.0972. The summed E-state index contributed by atoms with van der Waals surface area (Å²) in [6.45, 7) is 4.16. The molecule has 4 heteroatoms. The van der Waals surface area contributed by atoms with E-state index in [1.807, 2.05) is 0 Å². The second-order valence-corrected chi connectivity index (χ2v) is 7.37. The van der Waals surface area contributed by atoms with Crippen molar-refractivity contribution in [3.8, 4) is 0 Å². The lowest BCUT2D eigenvalue weighted by Gasteiger charge is -2.10. The van der Waals surface area contributed by atoms with Crippen molar-refractivity contribution in [2.45, 2.75) is 19.2 Å². The van der Waals surface area contributed by atoms with E-state index in [0.29, 0.717) is 0 Å². The van der Waals surface area contributed by atoms with Crippen molar-refractivity contribution in [2.24, 2.45) is 0 Å². The van der Waals surface area contributed by atoms with E-state index < -0.39 is 0 Å². The van der Waals surface area contributed by atoms with Gasteiger partial charge in [-0.25, -0.2) is 0 Å². The maximum Gasteiger partial charge on any atom is 0.0939 e. The molecule has 0 aliphatic rings. The van der Waals surface area contributed by atoms with Crippen molar-refractivity contribution >= 4 is 54.8 Å². The fourth-order valence-corrected chi connectivity index (χ4v) is 4.39. The van der Waals surface area contributed by atoms with Crippen LogP contribution in [0.15, 0.2) is 33.2 Å². The van der Waals surface area contributed by atoms with Crippen LogP contribution in [0.3, 0.4) is 0 Å². The van der Waals surface area contributed by atoms with Crippen LogP contribution in [0.25, 0.3) is 0 Å². The summed E-state index contributed by atoms with van der Waals surface area (Å²) >= 11 is 15.4. The molecule has 0 fully saturated rings. The Labute approximate surface area is 127 Å². The molecular formula is C13H11Br2ClS. The summed E-state index contributed by atoms with van der Waals surface area (Å²) in [7, 11) is 0. The van der Waals surface area contributed by atoms with Crippen LogP contribution >= 0.6 is 54.8 Å². The fourth-order valence-electron chi connectivity index (χ4n) is 1.59. The van der Waals surface area contributed by atoms with Crippen LogP contribution in [0.1, 0.15) is 26.3 Å². The van der Waals surface area contributed by atoms with Gasteiger partial charge in [-0.05, 0) is 53.0 Å². The first-order chi connectivity index (χ1) is 7.99. The first kappa shape index (κ1) is 13.6. The third kappa shape index (κ3) is 2.95. The van der Waals surface area contributed by atoms with Crippen LogP contribution < -0.4 is 0 Å². The number of aryl methyl sites for hydroxylation is 2. The second-order valence-electron chi connectivity index (χ2n) is 3.94. The Morgan fingerprint density at radius 3 is 2.35 bits per heavy atom. The smallest absolute Gasteiger partial charge is 0.0939 e. The van der Waals surface area contributed by atoms with E-state index in [9.17, 15) is 0 Å². The Balaban J connectivity index is 2.40. The zero-order valence-electron chi connectivity index (χ0n) is 9.43. The number of benzene rings is 1. The number of alkyl halides is 1. The minimum atomic E-state index is -0.0972. The summed E-state index contributed by atoms with van der Waals surface area (Å²) in [5, 5.41) is -0.0972. The fraction of sp³-hybridized carbons (Fsp3) is 0.231. The Kier molecular flexibility index (Phi) is 4.35. The maximum atomic E-state index is 6.53. The van der Waals surface area contributed by atoms with E-state index in [0.717, 1.165) is 14.5 Å². The lowest BCUT2D eigenvalue weighted by atomic mass is 10.1. The maximum absolute atomic E-state index is 6.53. The van der Waals surface area contributed by atoms with Crippen molar-refractivity contribution in [2.75, 3.05) is 0 Å². The van der Waals surface area contributed by atoms with Gasteiger partial charge < -0.3 is 0 Å². The van der Waals surface area contributed by atoms with Gasteiger partial charge in [-0.2, -0.15) is 0 Å². The van der Waals surface area contributed by atoms with E-state index in [-0.39, 0.29) is 5.38 Å². The molecule has 0 aliphatic carbocycles. The average Bonchev–Trinajstić information content (AvgIpc) is 2.61. The van der Waals surface area contributed by atoms with Crippen molar-refractivity contribution in [1.82, 2.24) is 0 Å². The SMILES string of the molecule is Cc1cc(Br)c(C(Cl)c2ccc(C)c(Br)c2)s1. The normalized spacial score (nSPS) is 12.8. The predicted molar refractivity (Wildman–Crippen MR) is 83.3 cm³/mol. The number of hydrogen-bond acceptors (Lipinski definition) is 1. The zero-order valence-corrected chi connectivity index (χ0v) is 14.2. The minimum Gasteiger partial charge on any atom is -0.143 e. The van der Waals surface area contributed by atoms with Crippen LogP contribution in [-0.2, 0) is 0 Å². The van der Waals surface area contributed by atoms with Gasteiger partial charge in [0.05, 0.1) is 5.38 Å². The van der Waals surface area contributed by atoms with Crippen LogP contribution in [-0.4, -0.2) is 0 Å². The van der Waals surface area contributed by atoms with Crippen LogP contribution in [0.2, 0.25) is 0 Å². The van der Waals surface area contributed by atoms with Crippen molar-refractivity contribution in [3.05, 3.63) is 54.1 Å². The van der Waals surface area contributed by atoms with Crippen molar-refractivity contribution in [3.63, 3.8) is 0 Å². The molecule has 0 radical (unpaired) electrons. The van der Waals surface area contributed by atoms with Gasteiger partial charge in [-0.3, -0.25) is 0 Å². The molecule has 0 amide bonds. The molecule has 0 N–H and O–H groups in total. The quantitative estimate of drug-likeness (QED) is 0.531. The molecule has 90 valence electrons. The van der Waals surface area contributed by atoms with Crippen LogP contribution in [0, 0.1) is 13.8 Å². The van der Waals surface area contributed by atoms with Gasteiger partial charge in [0.1, 0.15) is 0 Å². The molecule has 2 aromatic rings. The van der Waals surface area contributed by atoms with E-state index in [2.05, 4.69) is 70.0 Å². The number of hydrogen-bond donors (Lipinski definition) is 0. The third-order valence-electron chi connectivity index (χ3n) is 2.56.